The monoisotopic (exact) mass is 439 g/mol. The van der Waals surface area contributed by atoms with Crippen LogP contribution in [-0.4, -0.2) is 39.3 Å². The van der Waals surface area contributed by atoms with E-state index in [0.717, 1.165) is 49.4 Å². The molecule has 2 aliphatic heterocycles. The number of benzene rings is 1. The summed E-state index contributed by atoms with van der Waals surface area (Å²) >= 11 is 0. The minimum atomic E-state index is -0.452. The first-order valence-electron chi connectivity index (χ1n) is 11.5. The molecule has 0 unspecified atom stereocenters. The second kappa shape index (κ2) is 8.70. The smallest absolute Gasteiger partial charge is 0.164 e. The number of fused-ring (bicyclic) bond motifs is 1. The average molecular weight is 440 g/mol. The van der Waals surface area contributed by atoms with Crippen LogP contribution in [-0.2, 0) is 6.54 Å². The second-order valence-electron chi connectivity index (χ2n) is 9.18. The standard InChI is InChI=1S/C25H27F2N3O2/c26-17-5-8-21(27)19(12-17)23-2-1-9-30(23)25-20-11-16(13-28-22(20)14-29-25)24(32)10-15-3-6-18(31)7-4-15/h5,8,11-13,15,18,23,31H,1-4,6-7,9-10,14H2/t15?,18?,23-/m1/s1. The van der Waals surface area contributed by atoms with Gasteiger partial charge in [0.25, 0.3) is 0 Å². The van der Waals surface area contributed by atoms with E-state index in [9.17, 15) is 18.7 Å². The first-order chi connectivity index (χ1) is 15.5. The van der Waals surface area contributed by atoms with Gasteiger partial charge in [-0.05, 0) is 68.7 Å². The van der Waals surface area contributed by atoms with Crippen molar-refractivity contribution >= 4 is 11.6 Å². The summed E-state index contributed by atoms with van der Waals surface area (Å²) in [6.45, 7) is 1.12. The number of halogens is 2. The van der Waals surface area contributed by atoms with Crippen molar-refractivity contribution in [3.05, 3.63) is 64.5 Å². The third-order valence-electron chi connectivity index (χ3n) is 7.04. The number of aromatic nitrogens is 1. The van der Waals surface area contributed by atoms with Crippen LogP contribution in [0.25, 0.3) is 0 Å². The molecule has 1 saturated heterocycles. The molecule has 168 valence electrons. The maximum absolute atomic E-state index is 14.5. The van der Waals surface area contributed by atoms with Crippen molar-refractivity contribution in [2.24, 2.45) is 10.9 Å². The van der Waals surface area contributed by atoms with E-state index in [1.165, 1.54) is 12.1 Å². The summed E-state index contributed by atoms with van der Waals surface area (Å²) < 4.78 is 28.3. The van der Waals surface area contributed by atoms with Crippen LogP contribution in [0.2, 0.25) is 0 Å². The predicted molar refractivity (Wildman–Crippen MR) is 116 cm³/mol. The van der Waals surface area contributed by atoms with Crippen molar-refractivity contribution in [3.63, 3.8) is 0 Å². The third kappa shape index (κ3) is 4.06. The molecule has 7 heteroatoms. The Hall–Kier alpha value is -2.67. The lowest BCUT2D eigenvalue weighted by atomic mass is 9.83. The highest BCUT2D eigenvalue weighted by molar-refractivity contribution is 6.04. The lowest BCUT2D eigenvalue weighted by Crippen LogP contribution is -2.31. The van der Waals surface area contributed by atoms with Crippen molar-refractivity contribution in [1.82, 2.24) is 9.88 Å². The Morgan fingerprint density at radius 2 is 1.94 bits per heavy atom. The Morgan fingerprint density at radius 1 is 1.12 bits per heavy atom. The molecule has 1 aliphatic carbocycles. The lowest BCUT2D eigenvalue weighted by Gasteiger charge is -2.28. The van der Waals surface area contributed by atoms with Gasteiger partial charge in [0.1, 0.15) is 17.5 Å². The lowest BCUT2D eigenvalue weighted by molar-refractivity contribution is 0.0859. The summed E-state index contributed by atoms with van der Waals surface area (Å²) in [6, 6.07) is 5.16. The van der Waals surface area contributed by atoms with Gasteiger partial charge < -0.3 is 10.0 Å². The van der Waals surface area contributed by atoms with Gasteiger partial charge in [-0.3, -0.25) is 14.8 Å². The number of amidine groups is 1. The Kier molecular flexibility index (Phi) is 5.76. The average Bonchev–Trinajstić information content (AvgIpc) is 3.43. The molecule has 1 N–H and O–H groups in total. The van der Waals surface area contributed by atoms with Gasteiger partial charge in [-0.25, -0.2) is 8.78 Å². The van der Waals surface area contributed by atoms with Gasteiger partial charge in [0, 0.05) is 35.9 Å². The number of likely N-dealkylation sites (tertiary alicyclic amines) is 1. The van der Waals surface area contributed by atoms with Crippen LogP contribution < -0.4 is 0 Å². The van der Waals surface area contributed by atoms with Crippen molar-refractivity contribution < 1.29 is 18.7 Å². The molecule has 1 aromatic carbocycles. The number of Topliss-reactive ketones (excluding diaryl/α,β-unsaturated/α-hetero) is 1. The molecular formula is C25H27F2N3O2. The summed E-state index contributed by atoms with van der Waals surface area (Å²) in [4.78, 5) is 24.1. The Balaban J connectivity index is 1.37. The maximum Gasteiger partial charge on any atom is 0.164 e. The van der Waals surface area contributed by atoms with Gasteiger partial charge in [-0.1, -0.05) is 0 Å². The molecule has 2 aromatic rings. The molecule has 1 aromatic heterocycles. The number of aliphatic hydroxyl groups is 1. The van der Waals surface area contributed by atoms with E-state index in [-0.39, 0.29) is 17.9 Å². The molecule has 1 atom stereocenters. The molecule has 3 aliphatic rings. The van der Waals surface area contributed by atoms with Crippen molar-refractivity contribution in [2.75, 3.05) is 6.54 Å². The van der Waals surface area contributed by atoms with Gasteiger partial charge in [0.2, 0.25) is 0 Å². The van der Waals surface area contributed by atoms with Gasteiger partial charge >= 0.3 is 0 Å². The van der Waals surface area contributed by atoms with Crippen LogP contribution in [0.4, 0.5) is 8.78 Å². The molecule has 2 fully saturated rings. The third-order valence-corrected chi connectivity index (χ3v) is 7.04. The summed E-state index contributed by atoms with van der Waals surface area (Å²) in [5.41, 5.74) is 2.54. The van der Waals surface area contributed by atoms with E-state index < -0.39 is 11.6 Å². The number of hydrogen-bond acceptors (Lipinski definition) is 5. The zero-order chi connectivity index (χ0) is 22.2. The summed E-state index contributed by atoms with van der Waals surface area (Å²) in [7, 11) is 0. The van der Waals surface area contributed by atoms with E-state index >= 15 is 0 Å². The Morgan fingerprint density at radius 3 is 2.75 bits per heavy atom. The zero-order valence-electron chi connectivity index (χ0n) is 17.9. The van der Waals surface area contributed by atoms with Crippen molar-refractivity contribution in [2.45, 2.75) is 63.6 Å². The van der Waals surface area contributed by atoms with Crippen LogP contribution in [0.5, 0.6) is 0 Å². The Bertz CT molecular complexity index is 1060. The number of hydrogen-bond donors (Lipinski definition) is 1. The minimum absolute atomic E-state index is 0.0575. The highest BCUT2D eigenvalue weighted by atomic mass is 19.1. The molecule has 1 saturated carbocycles. The van der Waals surface area contributed by atoms with Crippen LogP contribution in [0, 0.1) is 17.6 Å². The molecule has 0 spiro atoms. The summed E-state index contributed by atoms with van der Waals surface area (Å²) in [6.07, 6.45) is 6.67. The predicted octanol–water partition coefficient (Wildman–Crippen LogP) is 4.58. The first-order valence-corrected chi connectivity index (χ1v) is 11.5. The number of rotatable bonds is 4. The van der Waals surface area contributed by atoms with Crippen LogP contribution in [0.3, 0.4) is 0 Å². The maximum atomic E-state index is 14.5. The summed E-state index contributed by atoms with van der Waals surface area (Å²) in [5, 5.41) is 9.70. The van der Waals surface area contributed by atoms with Crippen molar-refractivity contribution in [3.8, 4) is 0 Å². The SMILES string of the molecule is O=C(CC1CCC(O)CC1)c1cnc2c(c1)C(N1CCC[C@@H]1c1cc(F)ccc1F)=NC2. The minimum Gasteiger partial charge on any atom is -0.393 e. The summed E-state index contributed by atoms with van der Waals surface area (Å²) in [5.74, 6) is 0.205. The van der Waals surface area contributed by atoms with Crippen LogP contribution in [0.15, 0.2) is 35.5 Å². The largest absolute Gasteiger partial charge is 0.393 e. The van der Waals surface area contributed by atoms with Gasteiger partial charge in [-0.15, -0.1) is 0 Å². The fourth-order valence-corrected chi connectivity index (χ4v) is 5.29. The highest BCUT2D eigenvalue weighted by Crippen LogP contribution is 2.37. The van der Waals surface area contributed by atoms with Crippen LogP contribution >= 0.6 is 0 Å². The number of carbonyl (C=O) groups is 1. The number of nitrogens with zero attached hydrogens (tertiary/aromatic N) is 3. The molecule has 0 radical (unpaired) electrons. The molecule has 3 heterocycles. The fraction of sp³-hybridized carbons (Fsp3) is 0.480. The first kappa shape index (κ1) is 21.2. The van der Waals surface area contributed by atoms with Crippen molar-refractivity contribution in [1.29, 1.82) is 0 Å². The fourth-order valence-electron chi connectivity index (χ4n) is 5.29. The highest BCUT2D eigenvalue weighted by Gasteiger charge is 2.34. The van der Waals surface area contributed by atoms with E-state index in [1.807, 2.05) is 11.0 Å². The van der Waals surface area contributed by atoms with Crippen LogP contribution in [0.1, 0.15) is 78.2 Å². The Labute approximate surface area is 186 Å². The number of aliphatic hydroxyl groups excluding tert-OH is 1. The molecule has 5 rings (SSSR count). The normalized spacial score (nSPS) is 25.0. The topological polar surface area (TPSA) is 65.8 Å². The number of ketones is 1. The molecular weight excluding hydrogens is 412 g/mol. The van der Waals surface area contributed by atoms with E-state index in [0.29, 0.717) is 48.8 Å². The number of pyridine rings is 1. The quantitative estimate of drug-likeness (QED) is 0.709. The molecule has 0 amide bonds. The van der Waals surface area contributed by atoms with E-state index in [4.69, 9.17) is 0 Å². The van der Waals surface area contributed by atoms with E-state index in [1.54, 1.807) is 6.20 Å². The van der Waals surface area contributed by atoms with Gasteiger partial charge in [-0.2, -0.15) is 0 Å². The molecule has 32 heavy (non-hydrogen) atoms. The van der Waals surface area contributed by atoms with E-state index in [2.05, 4.69) is 9.98 Å². The molecule has 5 nitrogen and oxygen atoms in total. The number of carbonyl (C=O) groups excluding carboxylic acids is 1. The zero-order valence-corrected chi connectivity index (χ0v) is 17.9. The van der Waals surface area contributed by atoms with Gasteiger partial charge in [0.05, 0.1) is 24.4 Å². The number of aliphatic imine (C=N–C) groups is 1. The van der Waals surface area contributed by atoms with Gasteiger partial charge in [0.15, 0.2) is 5.78 Å². The molecule has 0 bridgehead atoms. The second-order valence-corrected chi connectivity index (χ2v) is 9.18.